The molecule has 0 aliphatic heterocycles. The quantitative estimate of drug-likeness (QED) is 0.765. The summed E-state index contributed by atoms with van der Waals surface area (Å²) in [4.78, 5) is 0. The average molecular weight is 322 g/mol. The van der Waals surface area contributed by atoms with Gasteiger partial charge in [-0.05, 0) is 0 Å². The summed E-state index contributed by atoms with van der Waals surface area (Å²) in [6.45, 7) is -0.338. The number of nitrogens with one attached hydrogen (secondary N) is 1. The van der Waals surface area contributed by atoms with E-state index in [1.165, 1.54) is 13.2 Å². The Balaban J connectivity index is 2.84. The predicted octanol–water partition coefficient (Wildman–Crippen LogP) is -0.0796. The summed E-state index contributed by atoms with van der Waals surface area (Å²) in [5, 5.41) is 3.38. The third-order valence-corrected chi connectivity index (χ3v) is 4.86. The highest BCUT2D eigenvalue weighted by atomic mass is 35.7. The van der Waals surface area contributed by atoms with Crippen LogP contribution in [0, 0.1) is 0 Å². The third kappa shape index (κ3) is 4.11. The van der Waals surface area contributed by atoms with E-state index in [9.17, 15) is 16.8 Å². The Morgan fingerprint density at radius 1 is 1.41 bits per heavy atom. The first kappa shape index (κ1) is 14.7. The van der Waals surface area contributed by atoms with E-state index in [4.69, 9.17) is 22.3 Å². The van der Waals surface area contributed by atoms with Crippen molar-refractivity contribution < 1.29 is 16.8 Å². The lowest BCUT2D eigenvalue weighted by molar-refractivity contribution is 0.565. The van der Waals surface area contributed by atoms with E-state index in [0.717, 1.165) is 4.68 Å². The van der Waals surface area contributed by atoms with Crippen LogP contribution in [0.5, 0.6) is 0 Å². The molecule has 1 aromatic rings. The number of rotatable bonds is 5. The van der Waals surface area contributed by atoms with Gasteiger partial charge in [-0.25, -0.2) is 21.6 Å². The molecule has 1 heterocycles. The van der Waals surface area contributed by atoms with Crippen LogP contribution in [-0.4, -0.2) is 38.9 Å². The number of halogens is 2. The van der Waals surface area contributed by atoms with Gasteiger partial charge in [-0.1, -0.05) is 11.6 Å². The smallest absolute Gasteiger partial charge is 0.255 e. The number of hydrogen-bond donors (Lipinski definition) is 1. The van der Waals surface area contributed by atoms with Crippen LogP contribution >= 0.6 is 22.3 Å². The highest BCUT2D eigenvalue weighted by Crippen LogP contribution is 2.19. The van der Waals surface area contributed by atoms with Crippen molar-refractivity contribution in [1.29, 1.82) is 0 Å². The van der Waals surface area contributed by atoms with Gasteiger partial charge in [0, 0.05) is 24.3 Å². The fourth-order valence-electron chi connectivity index (χ4n) is 1.07. The van der Waals surface area contributed by atoms with Gasteiger partial charge in [-0.2, -0.15) is 5.10 Å². The van der Waals surface area contributed by atoms with Crippen molar-refractivity contribution >= 4 is 41.4 Å². The second-order valence-electron chi connectivity index (χ2n) is 3.06. The van der Waals surface area contributed by atoms with Crippen LogP contribution in [0.4, 0.5) is 0 Å². The van der Waals surface area contributed by atoms with Gasteiger partial charge in [0.2, 0.25) is 9.05 Å². The maximum atomic E-state index is 11.7. The summed E-state index contributed by atoms with van der Waals surface area (Å²) in [6, 6.07) is 0. The maximum absolute atomic E-state index is 11.7. The summed E-state index contributed by atoms with van der Waals surface area (Å²) >= 11 is 5.65. The van der Waals surface area contributed by atoms with Crippen molar-refractivity contribution in [2.45, 2.75) is 5.03 Å². The Labute approximate surface area is 108 Å². The summed E-state index contributed by atoms with van der Waals surface area (Å²) in [7, 11) is -1.31. The Bertz CT molecular complexity index is 588. The lowest BCUT2D eigenvalue weighted by Gasteiger charge is -2.06. The summed E-state index contributed by atoms with van der Waals surface area (Å²) in [6.07, 6.45) is 1.18. The van der Waals surface area contributed by atoms with Gasteiger partial charge in [-0.3, -0.25) is 4.68 Å². The lowest BCUT2D eigenvalue weighted by atomic mass is 10.7. The molecule has 0 aliphatic rings. The molecule has 0 aromatic carbocycles. The van der Waals surface area contributed by atoms with Crippen molar-refractivity contribution in [3.8, 4) is 0 Å². The van der Waals surface area contributed by atoms with Crippen LogP contribution < -0.4 is 4.72 Å². The molecule has 0 saturated carbocycles. The number of hydrogen-bond acceptors (Lipinski definition) is 5. The van der Waals surface area contributed by atoms with Crippen molar-refractivity contribution in [2.75, 3.05) is 12.3 Å². The minimum atomic E-state index is -3.91. The monoisotopic (exact) mass is 321 g/mol. The second kappa shape index (κ2) is 5.11. The first-order valence-electron chi connectivity index (χ1n) is 4.23. The highest BCUT2D eigenvalue weighted by Gasteiger charge is 2.22. The molecule has 0 saturated heterocycles. The Morgan fingerprint density at radius 3 is 2.41 bits per heavy atom. The van der Waals surface area contributed by atoms with Gasteiger partial charge in [0.1, 0.15) is 0 Å². The van der Waals surface area contributed by atoms with E-state index in [1.54, 1.807) is 0 Å². The van der Waals surface area contributed by atoms with E-state index >= 15 is 0 Å². The van der Waals surface area contributed by atoms with Gasteiger partial charge in [-0.15, -0.1) is 0 Å². The van der Waals surface area contributed by atoms with E-state index in [0.29, 0.717) is 0 Å². The standard InChI is InChI=1S/C6H9Cl2N3O4S2/c1-11-6(5(7)4-9-11)17(14,15)10-2-3-16(8,12)13/h4,10H,2-3H2,1H3. The third-order valence-electron chi connectivity index (χ3n) is 1.74. The molecule has 1 N–H and O–H groups in total. The number of sulfonamides is 1. The molecular weight excluding hydrogens is 313 g/mol. The van der Waals surface area contributed by atoms with Crippen LogP contribution in [0.25, 0.3) is 0 Å². The van der Waals surface area contributed by atoms with Gasteiger partial charge < -0.3 is 0 Å². The summed E-state index contributed by atoms with van der Waals surface area (Å²) < 4.78 is 47.8. The van der Waals surface area contributed by atoms with E-state index < -0.39 is 24.8 Å². The molecule has 98 valence electrons. The zero-order valence-electron chi connectivity index (χ0n) is 8.59. The number of nitrogens with zero attached hydrogens (tertiary/aromatic N) is 2. The summed E-state index contributed by atoms with van der Waals surface area (Å²) in [5.74, 6) is -0.511. The largest absolute Gasteiger partial charge is 0.259 e. The molecule has 0 atom stereocenters. The molecule has 17 heavy (non-hydrogen) atoms. The van der Waals surface area contributed by atoms with Crippen LogP contribution in [0.2, 0.25) is 5.02 Å². The number of aromatic nitrogens is 2. The van der Waals surface area contributed by atoms with Gasteiger partial charge >= 0.3 is 0 Å². The van der Waals surface area contributed by atoms with Crippen molar-refractivity contribution in [3.63, 3.8) is 0 Å². The number of aryl methyl sites for hydroxylation is 1. The molecule has 0 amide bonds. The van der Waals surface area contributed by atoms with Crippen molar-refractivity contribution in [3.05, 3.63) is 11.2 Å². The molecule has 0 fully saturated rings. The van der Waals surface area contributed by atoms with E-state index in [-0.39, 0.29) is 16.6 Å². The normalized spacial score (nSPS) is 12.9. The van der Waals surface area contributed by atoms with E-state index in [1.807, 2.05) is 0 Å². The predicted molar refractivity (Wildman–Crippen MR) is 63.0 cm³/mol. The topological polar surface area (TPSA) is 98.1 Å². The van der Waals surface area contributed by atoms with Crippen LogP contribution in [0.3, 0.4) is 0 Å². The highest BCUT2D eigenvalue weighted by molar-refractivity contribution is 8.13. The van der Waals surface area contributed by atoms with Crippen LogP contribution in [0.15, 0.2) is 11.2 Å². The Morgan fingerprint density at radius 2 is 2.00 bits per heavy atom. The first-order chi connectivity index (χ1) is 7.63. The Kier molecular flexibility index (Phi) is 4.42. The zero-order valence-corrected chi connectivity index (χ0v) is 11.7. The molecule has 0 spiro atoms. The first-order valence-corrected chi connectivity index (χ1v) is 8.57. The lowest BCUT2D eigenvalue weighted by Crippen LogP contribution is -2.29. The minimum Gasteiger partial charge on any atom is -0.255 e. The van der Waals surface area contributed by atoms with Crippen molar-refractivity contribution in [2.24, 2.45) is 7.05 Å². The average Bonchev–Trinajstić information content (AvgIpc) is 2.43. The second-order valence-corrected chi connectivity index (χ2v) is 8.05. The fourth-order valence-corrected chi connectivity index (χ4v) is 3.46. The van der Waals surface area contributed by atoms with Crippen LogP contribution in [0.1, 0.15) is 0 Å². The Hall–Kier alpha value is -0.350. The zero-order chi connectivity index (χ0) is 13.3. The van der Waals surface area contributed by atoms with Gasteiger partial charge in [0.05, 0.1) is 17.0 Å². The van der Waals surface area contributed by atoms with Gasteiger partial charge in [0.15, 0.2) is 5.03 Å². The van der Waals surface area contributed by atoms with E-state index in [2.05, 4.69) is 9.82 Å². The maximum Gasteiger partial charge on any atom is 0.259 e. The molecular formula is C6H9Cl2N3O4S2. The molecule has 0 unspecified atom stereocenters. The summed E-state index contributed by atoms with van der Waals surface area (Å²) in [5.41, 5.74) is 0. The molecule has 0 bridgehead atoms. The molecule has 11 heteroatoms. The molecule has 1 rings (SSSR count). The molecule has 0 radical (unpaired) electrons. The van der Waals surface area contributed by atoms with Gasteiger partial charge in [0.25, 0.3) is 10.0 Å². The fraction of sp³-hybridized carbons (Fsp3) is 0.500. The molecule has 0 aliphatic carbocycles. The molecule has 7 nitrogen and oxygen atoms in total. The minimum absolute atomic E-state index is 0.0475. The van der Waals surface area contributed by atoms with Crippen LogP contribution in [-0.2, 0) is 26.1 Å². The molecule has 1 aromatic heterocycles. The van der Waals surface area contributed by atoms with Crippen molar-refractivity contribution in [1.82, 2.24) is 14.5 Å². The SMILES string of the molecule is Cn1ncc(Cl)c1S(=O)(=O)NCCS(=O)(=O)Cl.